The molecule has 0 aliphatic heterocycles. The number of hydrogen-bond donors (Lipinski definition) is 0. The van der Waals surface area contributed by atoms with Crippen LogP contribution in [-0.2, 0) is 18.9 Å². The number of hydrogen-bond acceptors (Lipinski definition) is 5. The molecule has 1 rings (SSSR count). The Hall–Kier alpha value is -1.14. The lowest BCUT2D eigenvalue weighted by atomic mass is 10.2. The second kappa shape index (κ2) is 11.5. The monoisotopic (exact) mass is 316 g/mol. The summed E-state index contributed by atoms with van der Waals surface area (Å²) in [6.45, 7) is 5.29. The number of rotatable bonds is 11. The highest BCUT2D eigenvalue weighted by atomic mass is 35.5. The summed E-state index contributed by atoms with van der Waals surface area (Å²) in [4.78, 5) is 11.6. The Morgan fingerprint density at radius 3 is 2.00 bits per heavy atom. The van der Waals surface area contributed by atoms with Crippen molar-refractivity contribution in [3.8, 4) is 0 Å². The van der Waals surface area contributed by atoms with Crippen molar-refractivity contribution in [2.45, 2.75) is 6.92 Å². The summed E-state index contributed by atoms with van der Waals surface area (Å²) in [6, 6.07) is 6.54. The summed E-state index contributed by atoms with van der Waals surface area (Å²) in [5, 5.41) is 0.583. The van der Waals surface area contributed by atoms with Crippen molar-refractivity contribution in [2.24, 2.45) is 0 Å². The van der Waals surface area contributed by atoms with Gasteiger partial charge in [-0.15, -0.1) is 0 Å². The van der Waals surface area contributed by atoms with E-state index in [4.69, 9.17) is 30.5 Å². The molecule has 0 N–H and O–H groups in total. The molecule has 5 nitrogen and oxygen atoms in total. The van der Waals surface area contributed by atoms with Crippen LogP contribution in [0.4, 0.5) is 0 Å². The van der Waals surface area contributed by atoms with Gasteiger partial charge in [0.2, 0.25) is 0 Å². The van der Waals surface area contributed by atoms with Crippen molar-refractivity contribution in [2.75, 3.05) is 46.2 Å². The van der Waals surface area contributed by atoms with Crippen LogP contribution in [0.2, 0.25) is 5.02 Å². The molecule has 0 heterocycles. The third-order valence-corrected chi connectivity index (χ3v) is 2.74. The van der Waals surface area contributed by atoms with Gasteiger partial charge in [-0.3, -0.25) is 0 Å². The fourth-order valence-corrected chi connectivity index (χ4v) is 1.57. The fraction of sp³-hybridized carbons (Fsp3) is 0.533. The quantitative estimate of drug-likeness (QED) is 0.464. The maximum Gasteiger partial charge on any atom is 0.338 e. The zero-order chi connectivity index (χ0) is 15.3. The first kappa shape index (κ1) is 17.9. The summed E-state index contributed by atoms with van der Waals surface area (Å²) < 4.78 is 20.7. The van der Waals surface area contributed by atoms with Gasteiger partial charge in [0.25, 0.3) is 0 Å². The van der Waals surface area contributed by atoms with Crippen LogP contribution in [-0.4, -0.2) is 52.2 Å². The van der Waals surface area contributed by atoms with Crippen LogP contribution in [0.25, 0.3) is 0 Å². The van der Waals surface area contributed by atoms with Crippen molar-refractivity contribution in [1.29, 1.82) is 0 Å². The van der Waals surface area contributed by atoms with E-state index in [0.29, 0.717) is 50.2 Å². The maximum absolute atomic E-state index is 11.6. The van der Waals surface area contributed by atoms with Crippen molar-refractivity contribution < 1.29 is 23.7 Å². The largest absolute Gasteiger partial charge is 0.460 e. The Morgan fingerprint density at radius 2 is 1.43 bits per heavy atom. The molecule has 0 aliphatic carbocycles. The van der Waals surface area contributed by atoms with Gasteiger partial charge in [-0.25, -0.2) is 4.79 Å². The molecule has 0 spiro atoms. The van der Waals surface area contributed by atoms with Crippen LogP contribution in [0, 0.1) is 0 Å². The Labute approximate surface area is 130 Å². The third kappa shape index (κ3) is 8.67. The smallest absolute Gasteiger partial charge is 0.338 e. The molecule has 0 saturated carbocycles. The molecular weight excluding hydrogens is 296 g/mol. The highest BCUT2D eigenvalue weighted by Gasteiger charge is 2.06. The molecule has 0 aliphatic rings. The average molecular weight is 317 g/mol. The van der Waals surface area contributed by atoms with Gasteiger partial charge in [0.05, 0.1) is 38.6 Å². The number of benzene rings is 1. The zero-order valence-corrected chi connectivity index (χ0v) is 12.9. The third-order valence-electron chi connectivity index (χ3n) is 2.49. The molecule has 6 heteroatoms. The van der Waals surface area contributed by atoms with Crippen molar-refractivity contribution in [3.05, 3.63) is 34.9 Å². The predicted molar refractivity (Wildman–Crippen MR) is 79.9 cm³/mol. The lowest BCUT2D eigenvalue weighted by Gasteiger charge is -2.07. The van der Waals surface area contributed by atoms with E-state index in [1.54, 1.807) is 24.3 Å². The maximum atomic E-state index is 11.6. The first-order valence-electron chi connectivity index (χ1n) is 6.90. The van der Waals surface area contributed by atoms with E-state index in [9.17, 15) is 4.79 Å². The number of halogens is 1. The first-order valence-corrected chi connectivity index (χ1v) is 7.27. The van der Waals surface area contributed by atoms with Crippen LogP contribution in [0.5, 0.6) is 0 Å². The lowest BCUT2D eigenvalue weighted by Crippen LogP contribution is -2.14. The number of esters is 1. The molecule has 0 radical (unpaired) electrons. The number of carbonyl (C=O) groups is 1. The Bertz CT molecular complexity index is 394. The minimum absolute atomic E-state index is 0.209. The standard InChI is InChI=1S/C15H21ClO5/c1-2-18-7-8-19-9-10-20-11-12-21-15(17)13-3-5-14(16)6-4-13/h3-6H,2,7-12H2,1H3. The molecule has 0 aromatic heterocycles. The van der Waals surface area contributed by atoms with Crippen LogP contribution < -0.4 is 0 Å². The fourth-order valence-electron chi connectivity index (χ4n) is 1.45. The molecule has 0 fully saturated rings. The highest BCUT2D eigenvalue weighted by Crippen LogP contribution is 2.10. The minimum atomic E-state index is -0.386. The van der Waals surface area contributed by atoms with E-state index in [1.165, 1.54) is 0 Å². The lowest BCUT2D eigenvalue weighted by molar-refractivity contribution is 0.00180. The molecule has 0 amide bonds. The van der Waals surface area contributed by atoms with Gasteiger partial charge in [0.1, 0.15) is 6.61 Å². The minimum Gasteiger partial charge on any atom is -0.460 e. The van der Waals surface area contributed by atoms with Gasteiger partial charge < -0.3 is 18.9 Å². The summed E-state index contributed by atoms with van der Waals surface area (Å²) in [5.74, 6) is -0.386. The van der Waals surface area contributed by atoms with Gasteiger partial charge in [0, 0.05) is 11.6 Å². The zero-order valence-electron chi connectivity index (χ0n) is 12.2. The molecule has 118 valence electrons. The molecule has 0 saturated heterocycles. The average Bonchev–Trinajstić information content (AvgIpc) is 2.49. The van der Waals surface area contributed by atoms with E-state index < -0.39 is 0 Å². The number of carbonyl (C=O) groups excluding carboxylic acids is 1. The normalized spacial score (nSPS) is 10.6. The summed E-state index contributed by atoms with van der Waals surface area (Å²) in [6.07, 6.45) is 0. The summed E-state index contributed by atoms with van der Waals surface area (Å²) in [7, 11) is 0. The molecule has 0 unspecified atom stereocenters. The topological polar surface area (TPSA) is 54.0 Å². The van der Waals surface area contributed by atoms with E-state index in [-0.39, 0.29) is 12.6 Å². The van der Waals surface area contributed by atoms with Crippen LogP contribution in [0.1, 0.15) is 17.3 Å². The van der Waals surface area contributed by atoms with Gasteiger partial charge in [-0.05, 0) is 31.2 Å². The molecular formula is C15H21ClO5. The predicted octanol–water partition coefficient (Wildman–Crippen LogP) is 2.57. The molecule has 21 heavy (non-hydrogen) atoms. The van der Waals surface area contributed by atoms with Crippen LogP contribution >= 0.6 is 11.6 Å². The Kier molecular flexibility index (Phi) is 9.82. The highest BCUT2D eigenvalue weighted by molar-refractivity contribution is 6.30. The second-order valence-electron chi connectivity index (χ2n) is 4.06. The van der Waals surface area contributed by atoms with E-state index in [2.05, 4.69) is 0 Å². The van der Waals surface area contributed by atoms with E-state index in [1.807, 2.05) is 6.92 Å². The van der Waals surface area contributed by atoms with Gasteiger partial charge >= 0.3 is 5.97 Å². The van der Waals surface area contributed by atoms with Crippen molar-refractivity contribution in [3.63, 3.8) is 0 Å². The first-order chi connectivity index (χ1) is 10.2. The summed E-state index contributed by atoms with van der Waals surface area (Å²) in [5.41, 5.74) is 0.471. The molecule has 1 aromatic rings. The van der Waals surface area contributed by atoms with Crippen LogP contribution in [0.3, 0.4) is 0 Å². The molecule has 0 atom stereocenters. The van der Waals surface area contributed by atoms with Gasteiger partial charge in [0.15, 0.2) is 0 Å². The van der Waals surface area contributed by atoms with E-state index >= 15 is 0 Å². The Balaban J connectivity index is 1.96. The Morgan fingerprint density at radius 1 is 0.905 bits per heavy atom. The van der Waals surface area contributed by atoms with Gasteiger partial charge in [-0.2, -0.15) is 0 Å². The van der Waals surface area contributed by atoms with E-state index in [0.717, 1.165) is 0 Å². The molecule has 0 bridgehead atoms. The molecule has 1 aromatic carbocycles. The summed E-state index contributed by atoms with van der Waals surface area (Å²) >= 11 is 5.74. The van der Waals surface area contributed by atoms with Gasteiger partial charge in [-0.1, -0.05) is 11.6 Å². The van der Waals surface area contributed by atoms with Crippen molar-refractivity contribution in [1.82, 2.24) is 0 Å². The second-order valence-corrected chi connectivity index (χ2v) is 4.50. The van der Waals surface area contributed by atoms with Crippen LogP contribution in [0.15, 0.2) is 24.3 Å². The van der Waals surface area contributed by atoms with Crippen molar-refractivity contribution >= 4 is 17.6 Å². The SMILES string of the molecule is CCOCCOCCOCCOC(=O)c1ccc(Cl)cc1. The number of ether oxygens (including phenoxy) is 4.